The number of imide groups is 1. The number of carbonyl (C=O) groups is 5. The summed E-state index contributed by atoms with van der Waals surface area (Å²) in [5.41, 5.74) is 4.90. The Labute approximate surface area is 223 Å². The maximum Gasteiger partial charge on any atom is 0.337 e. The van der Waals surface area contributed by atoms with E-state index in [1.165, 1.54) is 31.4 Å². The molecule has 3 aliphatic carbocycles. The third-order valence-electron chi connectivity index (χ3n) is 7.78. The minimum Gasteiger partial charge on any atom is -0.465 e. The quantitative estimate of drug-likeness (QED) is 0.389. The summed E-state index contributed by atoms with van der Waals surface area (Å²) in [7, 11) is 1.27. The lowest BCUT2D eigenvalue weighted by molar-refractivity contribution is -0.154. The summed E-state index contributed by atoms with van der Waals surface area (Å²) in [4.78, 5) is 64.5. The third-order valence-corrected chi connectivity index (χ3v) is 7.78. The van der Waals surface area contributed by atoms with Gasteiger partial charge in [-0.05, 0) is 46.5 Å². The number of rotatable bonds is 6. The zero-order chi connectivity index (χ0) is 27.3. The van der Waals surface area contributed by atoms with Crippen molar-refractivity contribution >= 4 is 35.3 Å². The fraction of sp³-hybridized carbons (Fsp3) is 0.233. The Morgan fingerprint density at radius 3 is 1.72 bits per heavy atom. The SMILES string of the molecule is COC(=O)c1ccc(NC(=O)COC(=O)CN2C(=O)[C@@H]3C4c5ccccc5C(c5ccccc54)[C@H]3C2=O)cc1. The van der Waals surface area contributed by atoms with Crippen molar-refractivity contribution in [3.8, 4) is 0 Å². The number of methoxy groups -OCH3 is 1. The number of benzene rings is 3. The molecule has 3 aromatic carbocycles. The maximum atomic E-state index is 13.6. The Morgan fingerprint density at radius 1 is 0.769 bits per heavy atom. The first-order valence-electron chi connectivity index (χ1n) is 12.6. The van der Waals surface area contributed by atoms with Gasteiger partial charge in [0, 0.05) is 17.5 Å². The molecule has 2 bridgehead atoms. The van der Waals surface area contributed by atoms with E-state index in [0.29, 0.717) is 11.3 Å². The van der Waals surface area contributed by atoms with Crippen LogP contribution in [-0.4, -0.2) is 54.8 Å². The van der Waals surface area contributed by atoms with E-state index in [4.69, 9.17) is 4.74 Å². The predicted octanol–water partition coefficient (Wildman–Crippen LogP) is 2.85. The molecule has 1 fully saturated rings. The molecule has 2 atom stereocenters. The van der Waals surface area contributed by atoms with Gasteiger partial charge in [-0.15, -0.1) is 0 Å². The van der Waals surface area contributed by atoms with Crippen molar-refractivity contribution in [1.29, 1.82) is 0 Å². The van der Waals surface area contributed by atoms with E-state index >= 15 is 0 Å². The minimum absolute atomic E-state index is 0.263. The summed E-state index contributed by atoms with van der Waals surface area (Å²) in [5, 5.41) is 2.56. The van der Waals surface area contributed by atoms with E-state index in [1.807, 2.05) is 48.5 Å². The number of amides is 3. The Bertz CT molecular complexity index is 1410. The molecule has 39 heavy (non-hydrogen) atoms. The zero-order valence-corrected chi connectivity index (χ0v) is 21.0. The van der Waals surface area contributed by atoms with Crippen LogP contribution in [0.3, 0.4) is 0 Å². The van der Waals surface area contributed by atoms with E-state index in [9.17, 15) is 24.0 Å². The zero-order valence-electron chi connectivity index (χ0n) is 21.0. The number of nitrogens with one attached hydrogen (secondary N) is 1. The molecule has 1 N–H and O–H groups in total. The molecule has 196 valence electrons. The molecular weight excluding hydrogens is 500 g/mol. The first kappa shape index (κ1) is 24.5. The monoisotopic (exact) mass is 524 g/mol. The van der Waals surface area contributed by atoms with E-state index in [1.54, 1.807) is 0 Å². The fourth-order valence-corrected chi connectivity index (χ4v) is 6.22. The van der Waals surface area contributed by atoms with Crippen LogP contribution < -0.4 is 5.32 Å². The van der Waals surface area contributed by atoms with Gasteiger partial charge >= 0.3 is 11.9 Å². The molecule has 1 saturated heterocycles. The van der Waals surface area contributed by atoms with Gasteiger partial charge in [-0.1, -0.05) is 48.5 Å². The summed E-state index contributed by atoms with van der Waals surface area (Å²) in [6.45, 7) is -1.15. The van der Waals surface area contributed by atoms with E-state index in [-0.39, 0.29) is 11.8 Å². The summed E-state index contributed by atoms with van der Waals surface area (Å²) in [5.74, 6) is -4.45. The van der Waals surface area contributed by atoms with Crippen molar-refractivity contribution in [2.45, 2.75) is 11.8 Å². The van der Waals surface area contributed by atoms with Crippen molar-refractivity contribution in [3.05, 3.63) is 101 Å². The van der Waals surface area contributed by atoms with Gasteiger partial charge in [0.25, 0.3) is 5.91 Å². The number of hydrogen-bond donors (Lipinski definition) is 1. The average Bonchev–Trinajstić information content (AvgIpc) is 3.21. The van der Waals surface area contributed by atoms with Crippen LogP contribution in [0, 0.1) is 11.8 Å². The Kier molecular flexibility index (Phi) is 5.98. The molecule has 3 amide bonds. The molecular formula is C30H24N2O7. The highest BCUT2D eigenvalue weighted by Gasteiger charge is 2.61. The standard InChI is InChI=1S/C30H24N2O7/c1-38-30(37)16-10-12-17(13-11-16)31-22(33)15-39-23(34)14-32-28(35)26-24-18-6-2-3-7-19(18)25(27(26)29(32)36)21-9-5-4-8-20(21)24/h2-13,24-27H,14-15H2,1H3,(H,31,33)/t24?,25?,26-,27-/m1/s1. The highest BCUT2D eigenvalue weighted by atomic mass is 16.5. The summed E-state index contributed by atoms with van der Waals surface area (Å²) in [6, 6.07) is 21.8. The van der Waals surface area contributed by atoms with Crippen LogP contribution in [0.15, 0.2) is 72.8 Å². The van der Waals surface area contributed by atoms with Gasteiger partial charge in [-0.2, -0.15) is 0 Å². The molecule has 4 aliphatic rings. The first-order valence-corrected chi connectivity index (χ1v) is 12.6. The molecule has 3 aromatic rings. The summed E-state index contributed by atoms with van der Waals surface area (Å²) < 4.78 is 9.72. The largest absolute Gasteiger partial charge is 0.465 e. The fourth-order valence-electron chi connectivity index (χ4n) is 6.22. The second-order valence-electron chi connectivity index (χ2n) is 9.81. The predicted molar refractivity (Wildman–Crippen MR) is 138 cm³/mol. The van der Waals surface area contributed by atoms with Crippen LogP contribution in [0.4, 0.5) is 5.69 Å². The molecule has 9 nitrogen and oxygen atoms in total. The molecule has 1 heterocycles. The van der Waals surface area contributed by atoms with E-state index in [0.717, 1.165) is 27.2 Å². The molecule has 1 aliphatic heterocycles. The Hall–Kier alpha value is -4.79. The van der Waals surface area contributed by atoms with Crippen LogP contribution in [0.1, 0.15) is 44.4 Å². The highest BCUT2D eigenvalue weighted by molar-refractivity contribution is 6.09. The number of anilines is 1. The third kappa shape index (κ3) is 3.98. The van der Waals surface area contributed by atoms with Crippen molar-refractivity contribution < 1.29 is 33.4 Å². The lowest BCUT2D eigenvalue weighted by Crippen LogP contribution is -2.41. The van der Waals surface area contributed by atoms with E-state index < -0.39 is 54.6 Å². The highest BCUT2D eigenvalue weighted by Crippen LogP contribution is 2.60. The normalized spacial score (nSPS) is 22.0. The molecule has 0 saturated carbocycles. The van der Waals surface area contributed by atoms with Crippen molar-refractivity contribution in [2.75, 3.05) is 25.6 Å². The summed E-state index contributed by atoms with van der Waals surface area (Å²) in [6.07, 6.45) is 0. The lowest BCUT2D eigenvalue weighted by atomic mass is 9.55. The van der Waals surface area contributed by atoms with Crippen LogP contribution in [-0.2, 0) is 28.7 Å². The number of ether oxygens (including phenoxy) is 2. The van der Waals surface area contributed by atoms with Crippen molar-refractivity contribution in [1.82, 2.24) is 4.90 Å². The number of carbonyl (C=O) groups excluding carboxylic acids is 5. The second-order valence-corrected chi connectivity index (χ2v) is 9.81. The van der Waals surface area contributed by atoms with Crippen molar-refractivity contribution in [2.24, 2.45) is 11.8 Å². The van der Waals surface area contributed by atoms with Gasteiger partial charge in [0.05, 0.1) is 24.5 Å². The Balaban J connectivity index is 1.13. The topological polar surface area (TPSA) is 119 Å². The molecule has 0 spiro atoms. The van der Waals surface area contributed by atoms with Crippen LogP contribution in [0.25, 0.3) is 0 Å². The number of likely N-dealkylation sites (tertiary alicyclic amines) is 1. The average molecular weight is 525 g/mol. The molecule has 0 unspecified atom stereocenters. The van der Waals surface area contributed by atoms with Crippen LogP contribution >= 0.6 is 0 Å². The smallest absolute Gasteiger partial charge is 0.337 e. The second kappa shape index (κ2) is 9.50. The molecule has 9 heteroatoms. The van der Waals surface area contributed by atoms with Gasteiger partial charge < -0.3 is 14.8 Å². The molecule has 0 aromatic heterocycles. The van der Waals surface area contributed by atoms with Crippen molar-refractivity contribution in [3.63, 3.8) is 0 Å². The number of nitrogens with zero attached hydrogens (tertiary/aromatic N) is 1. The van der Waals surface area contributed by atoms with E-state index in [2.05, 4.69) is 10.1 Å². The molecule has 7 rings (SSSR count). The Morgan fingerprint density at radius 2 is 1.26 bits per heavy atom. The first-order chi connectivity index (χ1) is 18.9. The molecule has 0 radical (unpaired) electrons. The van der Waals surface area contributed by atoms with Crippen LogP contribution in [0.5, 0.6) is 0 Å². The number of esters is 2. The minimum atomic E-state index is -0.853. The summed E-state index contributed by atoms with van der Waals surface area (Å²) >= 11 is 0. The van der Waals surface area contributed by atoms with Gasteiger partial charge in [0.2, 0.25) is 11.8 Å². The number of hydrogen-bond acceptors (Lipinski definition) is 7. The van der Waals surface area contributed by atoms with Gasteiger partial charge in [-0.3, -0.25) is 24.1 Å². The lowest BCUT2D eigenvalue weighted by Gasteiger charge is -2.45. The van der Waals surface area contributed by atoms with Gasteiger partial charge in [0.15, 0.2) is 6.61 Å². The van der Waals surface area contributed by atoms with Gasteiger partial charge in [-0.25, -0.2) is 4.79 Å². The maximum absolute atomic E-state index is 13.6. The van der Waals surface area contributed by atoms with Crippen LogP contribution in [0.2, 0.25) is 0 Å². The van der Waals surface area contributed by atoms with Gasteiger partial charge in [0.1, 0.15) is 6.54 Å².